The molecule has 0 heterocycles. The van der Waals surface area contributed by atoms with Gasteiger partial charge in [0.05, 0.1) is 19.5 Å². The molecule has 2 rings (SSSR count). The van der Waals surface area contributed by atoms with Gasteiger partial charge in [-0.05, 0) is 36.4 Å². The van der Waals surface area contributed by atoms with Crippen LogP contribution in [0.15, 0.2) is 53.0 Å². The Balaban J connectivity index is 1.63. The molecule has 6 heteroatoms. The maximum absolute atomic E-state index is 11.9. The van der Waals surface area contributed by atoms with E-state index in [0.29, 0.717) is 12.4 Å². The molecule has 1 N–H and O–H groups in total. The summed E-state index contributed by atoms with van der Waals surface area (Å²) in [6, 6.07) is 15.0. The van der Waals surface area contributed by atoms with Gasteiger partial charge >= 0.3 is 0 Å². The minimum absolute atomic E-state index is 0.0353. The molecule has 4 nitrogen and oxygen atoms in total. The topological polar surface area (TPSA) is 47.6 Å². The molecule has 2 aromatic carbocycles. The van der Waals surface area contributed by atoms with Crippen LogP contribution in [0, 0.1) is 0 Å². The lowest BCUT2D eigenvalue weighted by Gasteiger charge is -2.08. The molecule has 0 aromatic heterocycles. The second-order valence-corrected chi connectivity index (χ2v) is 6.66. The van der Waals surface area contributed by atoms with Gasteiger partial charge in [0.2, 0.25) is 5.91 Å². The van der Waals surface area contributed by atoms with Crippen LogP contribution in [0.2, 0.25) is 0 Å². The molecule has 122 valence electrons. The predicted octanol–water partition coefficient (Wildman–Crippen LogP) is 4.21. The quantitative estimate of drug-likeness (QED) is 0.680. The summed E-state index contributed by atoms with van der Waals surface area (Å²) in [5.74, 6) is 2.66. The van der Waals surface area contributed by atoms with Gasteiger partial charge in [0, 0.05) is 22.0 Å². The smallest absolute Gasteiger partial charge is 0.234 e. The van der Waals surface area contributed by atoms with Crippen molar-refractivity contribution in [1.29, 1.82) is 0 Å². The summed E-state index contributed by atoms with van der Waals surface area (Å²) in [5.41, 5.74) is 0.737. The summed E-state index contributed by atoms with van der Waals surface area (Å²) >= 11 is 4.91. The van der Waals surface area contributed by atoms with E-state index in [4.69, 9.17) is 9.47 Å². The van der Waals surface area contributed by atoms with Crippen LogP contribution in [0.5, 0.6) is 11.5 Å². The third-order valence-electron chi connectivity index (χ3n) is 2.90. The third kappa shape index (κ3) is 6.54. The van der Waals surface area contributed by atoms with Crippen molar-refractivity contribution in [2.24, 2.45) is 0 Å². The molecule has 0 aliphatic rings. The van der Waals surface area contributed by atoms with Crippen molar-refractivity contribution in [2.45, 2.75) is 0 Å². The fourth-order valence-electron chi connectivity index (χ4n) is 1.81. The fraction of sp³-hybridized carbons (Fsp3) is 0.235. The first-order valence-corrected chi connectivity index (χ1v) is 9.02. The number of carbonyl (C=O) groups is 1. The van der Waals surface area contributed by atoms with Crippen molar-refractivity contribution in [3.63, 3.8) is 0 Å². The summed E-state index contributed by atoms with van der Waals surface area (Å²) in [4.78, 5) is 11.9. The standard InChI is InChI=1S/C17H18BrNO3S/c1-21-16-4-2-3-14(11-16)19-17(20)12-23-10-9-22-15-7-5-13(18)6-8-15/h2-8,11H,9-10,12H2,1H3,(H,19,20). The van der Waals surface area contributed by atoms with Crippen molar-refractivity contribution >= 4 is 39.3 Å². The average molecular weight is 396 g/mol. The number of anilines is 1. The first-order valence-electron chi connectivity index (χ1n) is 7.07. The Bertz CT molecular complexity index is 634. The molecular weight excluding hydrogens is 378 g/mol. The molecule has 0 spiro atoms. The van der Waals surface area contributed by atoms with Crippen molar-refractivity contribution in [3.8, 4) is 11.5 Å². The van der Waals surface area contributed by atoms with E-state index in [1.54, 1.807) is 13.2 Å². The highest BCUT2D eigenvalue weighted by atomic mass is 79.9. The van der Waals surface area contributed by atoms with Crippen LogP contribution in [0.3, 0.4) is 0 Å². The lowest BCUT2D eigenvalue weighted by molar-refractivity contribution is -0.113. The predicted molar refractivity (Wildman–Crippen MR) is 98.6 cm³/mol. The molecule has 23 heavy (non-hydrogen) atoms. The number of carbonyl (C=O) groups excluding carboxylic acids is 1. The van der Waals surface area contributed by atoms with E-state index in [-0.39, 0.29) is 5.91 Å². The van der Waals surface area contributed by atoms with Crippen LogP contribution in [-0.2, 0) is 4.79 Å². The zero-order valence-electron chi connectivity index (χ0n) is 12.8. The number of hydrogen-bond donors (Lipinski definition) is 1. The van der Waals surface area contributed by atoms with Crippen LogP contribution in [0.25, 0.3) is 0 Å². The van der Waals surface area contributed by atoms with Gasteiger partial charge < -0.3 is 14.8 Å². The Morgan fingerprint density at radius 1 is 1.17 bits per heavy atom. The van der Waals surface area contributed by atoms with Crippen molar-refractivity contribution in [1.82, 2.24) is 0 Å². The fourth-order valence-corrected chi connectivity index (χ4v) is 2.68. The summed E-state index contributed by atoms with van der Waals surface area (Å²) in [6.45, 7) is 0.568. The number of thioether (sulfide) groups is 1. The first-order chi connectivity index (χ1) is 11.2. The van der Waals surface area contributed by atoms with E-state index in [0.717, 1.165) is 27.4 Å². The molecule has 0 atom stereocenters. The van der Waals surface area contributed by atoms with Crippen LogP contribution in [-0.4, -0.2) is 31.1 Å². The molecule has 0 radical (unpaired) electrons. The van der Waals surface area contributed by atoms with E-state index in [2.05, 4.69) is 21.2 Å². The van der Waals surface area contributed by atoms with Crippen LogP contribution >= 0.6 is 27.7 Å². The van der Waals surface area contributed by atoms with Crippen molar-refractivity contribution in [2.75, 3.05) is 30.5 Å². The van der Waals surface area contributed by atoms with Crippen molar-refractivity contribution < 1.29 is 14.3 Å². The van der Waals surface area contributed by atoms with Gasteiger partial charge in [0.25, 0.3) is 0 Å². The second-order valence-electron chi connectivity index (χ2n) is 4.64. The van der Waals surface area contributed by atoms with Crippen LogP contribution in [0.1, 0.15) is 0 Å². The number of rotatable bonds is 8. The highest BCUT2D eigenvalue weighted by Crippen LogP contribution is 2.18. The molecule has 0 saturated carbocycles. The minimum atomic E-state index is -0.0353. The molecule has 2 aromatic rings. The average Bonchev–Trinajstić information content (AvgIpc) is 2.56. The molecule has 0 aliphatic carbocycles. The maximum Gasteiger partial charge on any atom is 0.234 e. The summed E-state index contributed by atoms with van der Waals surface area (Å²) in [5, 5.41) is 2.85. The SMILES string of the molecule is COc1cccc(NC(=O)CSCCOc2ccc(Br)cc2)c1. The third-order valence-corrected chi connectivity index (χ3v) is 4.35. The number of methoxy groups -OCH3 is 1. The Hall–Kier alpha value is -1.66. The van der Waals surface area contributed by atoms with Crippen molar-refractivity contribution in [3.05, 3.63) is 53.0 Å². The number of ether oxygens (including phenoxy) is 2. The van der Waals surface area contributed by atoms with Crippen LogP contribution in [0.4, 0.5) is 5.69 Å². The van der Waals surface area contributed by atoms with Gasteiger partial charge in [-0.2, -0.15) is 0 Å². The lowest BCUT2D eigenvalue weighted by Crippen LogP contribution is -2.15. The largest absolute Gasteiger partial charge is 0.497 e. The molecule has 0 saturated heterocycles. The number of halogens is 1. The number of nitrogens with one attached hydrogen (secondary N) is 1. The minimum Gasteiger partial charge on any atom is -0.497 e. The molecule has 0 aliphatic heterocycles. The van der Waals surface area contributed by atoms with Gasteiger partial charge in [-0.15, -0.1) is 11.8 Å². The summed E-state index contributed by atoms with van der Waals surface area (Å²) in [6.07, 6.45) is 0. The molecule has 1 amide bonds. The zero-order valence-corrected chi connectivity index (χ0v) is 15.2. The summed E-state index contributed by atoms with van der Waals surface area (Å²) in [7, 11) is 1.60. The number of amides is 1. The van der Waals surface area contributed by atoms with E-state index < -0.39 is 0 Å². The molecule has 0 unspecified atom stereocenters. The molecular formula is C17H18BrNO3S. The highest BCUT2D eigenvalue weighted by Gasteiger charge is 2.03. The Morgan fingerprint density at radius 2 is 1.96 bits per heavy atom. The van der Waals surface area contributed by atoms with Gasteiger partial charge in [0.1, 0.15) is 11.5 Å². The Kier molecular flexibility index (Phi) is 7.29. The number of hydrogen-bond acceptors (Lipinski definition) is 4. The number of benzene rings is 2. The first kappa shape index (κ1) is 17.7. The van der Waals surface area contributed by atoms with E-state index in [1.807, 2.05) is 42.5 Å². The molecule has 0 bridgehead atoms. The summed E-state index contributed by atoms with van der Waals surface area (Å²) < 4.78 is 11.7. The van der Waals surface area contributed by atoms with Gasteiger partial charge in [0.15, 0.2) is 0 Å². The monoisotopic (exact) mass is 395 g/mol. The van der Waals surface area contributed by atoms with E-state index in [1.165, 1.54) is 11.8 Å². The van der Waals surface area contributed by atoms with Gasteiger partial charge in [-0.1, -0.05) is 22.0 Å². The molecule has 0 fully saturated rings. The zero-order chi connectivity index (χ0) is 16.5. The normalized spacial score (nSPS) is 10.2. The van der Waals surface area contributed by atoms with Crippen LogP contribution < -0.4 is 14.8 Å². The maximum atomic E-state index is 11.9. The van der Waals surface area contributed by atoms with E-state index >= 15 is 0 Å². The Labute approximate surface area is 148 Å². The van der Waals surface area contributed by atoms with Gasteiger partial charge in [-0.3, -0.25) is 4.79 Å². The van der Waals surface area contributed by atoms with Gasteiger partial charge in [-0.25, -0.2) is 0 Å². The lowest BCUT2D eigenvalue weighted by atomic mass is 10.3. The Morgan fingerprint density at radius 3 is 2.70 bits per heavy atom. The highest BCUT2D eigenvalue weighted by molar-refractivity contribution is 9.10. The second kappa shape index (κ2) is 9.47. The van der Waals surface area contributed by atoms with E-state index in [9.17, 15) is 4.79 Å².